The Labute approximate surface area is 158 Å². The lowest BCUT2D eigenvalue weighted by molar-refractivity contribution is -0.130. The summed E-state index contributed by atoms with van der Waals surface area (Å²) in [7, 11) is 0. The number of hydrogen-bond donors (Lipinski definition) is 0. The fourth-order valence-corrected chi connectivity index (χ4v) is 4.51. The summed E-state index contributed by atoms with van der Waals surface area (Å²) in [6, 6.07) is 16.4. The molecule has 0 spiro atoms. The number of thiazole rings is 1. The number of benzene rings is 2. The minimum atomic E-state index is 0.216. The number of aromatic nitrogens is 1. The van der Waals surface area contributed by atoms with Crippen molar-refractivity contribution in [3.8, 4) is 0 Å². The predicted octanol–water partition coefficient (Wildman–Crippen LogP) is 3.75. The molecule has 4 nitrogen and oxygen atoms in total. The summed E-state index contributed by atoms with van der Waals surface area (Å²) in [4.78, 5) is 21.7. The molecule has 0 N–H and O–H groups in total. The fraction of sp³-hybridized carbons (Fsp3) is 0.333. The number of carbonyl (C=O) groups is 1. The molecule has 1 aliphatic heterocycles. The van der Waals surface area contributed by atoms with Gasteiger partial charge in [0.15, 0.2) is 5.13 Å². The zero-order valence-corrected chi connectivity index (χ0v) is 15.8. The highest BCUT2D eigenvalue weighted by Gasteiger charge is 2.23. The minimum Gasteiger partial charge on any atom is -0.345 e. The highest BCUT2D eigenvalue weighted by molar-refractivity contribution is 7.22. The van der Waals surface area contributed by atoms with Gasteiger partial charge in [-0.2, -0.15) is 0 Å². The van der Waals surface area contributed by atoms with Gasteiger partial charge in [0, 0.05) is 26.2 Å². The molecule has 3 aromatic rings. The molecule has 1 saturated heterocycles. The third-order valence-corrected chi connectivity index (χ3v) is 6.05. The summed E-state index contributed by atoms with van der Waals surface area (Å²) < 4.78 is 1.25. The monoisotopic (exact) mass is 365 g/mol. The first-order valence-corrected chi connectivity index (χ1v) is 10.0. The van der Waals surface area contributed by atoms with Gasteiger partial charge in [0.1, 0.15) is 0 Å². The van der Waals surface area contributed by atoms with Gasteiger partial charge in [-0.25, -0.2) is 4.98 Å². The maximum Gasteiger partial charge on any atom is 0.227 e. The van der Waals surface area contributed by atoms with Crippen LogP contribution in [0.3, 0.4) is 0 Å². The second-order valence-electron chi connectivity index (χ2n) is 6.64. The summed E-state index contributed by atoms with van der Waals surface area (Å²) in [6.45, 7) is 5.40. The van der Waals surface area contributed by atoms with Crippen molar-refractivity contribution in [2.45, 2.75) is 19.8 Å². The topological polar surface area (TPSA) is 36.4 Å². The van der Waals surface area contributed by atoms with Crippen LogP contribution in [-0.2, 0) is 17.6 Å². The molecule has 0 atom stereocenters. The second kappa shape index (κ2) is 7.46. The van der Waals surface area contributed by atoms with E-state index in [9.17, 15) is 4.79 Å². The van der Waals surface area contributed by atoms with E-state index in [-0.39, 0.29) is 5.91 Å². The molecule has 5 heteroatoms. The van der Waals surface area contributed by atoms with Crippen LogP contribution in [0.25, 0.3) is 10.2 Å². The molecule has 134 valence electrons. The zero-order chi connectivity index (χ0) is 17.9. The lowest BCUT2D eigenvalue weighted by Crippen LogP contribution is -2.49. The van der Waals surface area contributed by atoms with Crippen molar-refractivity contribution in [3.05, 3.63) is 59.7 Å². The molecule has 2 aromatic carbocycles. The number of hydrogen-bond acceptors (Lipinski definition) is 4. The Morgan fingerprint density at radius 3 is 2.54 bits per heavy atom. The average molecular weight is 366 g/mol. The van der Waals surface area contributed by atoms with Crippen molar-refractivity contribution in [1.29, 1.82) is 0 Å². The maximum absolute atomic E-state index is 12.5. The van der Waals surface area contributed by atoms with Crippen molar-refractivity contribution >= 4 is 32.6 Å². The Morgan fingerprint density at radius 2 is 1.81 bits per heavy atom. The third-order valence-electron chi connectivity index (χ3n) is 4.97. The Kier molecular flexibility index (Phi) is 4.89. The quantitative estimate of drug-likeness (QED) is 0.706. The summed E-state index contributed by atoms with van der Waals surface area (Å²) in [5, 5.41) is 1.08. The number of para-hydroxylation sites is 1. The van der Waals surface area contributed by atoms with Crippen LogP contribution in [0.1, 0.15) is 18.1 Å². The summed E-state index contributed by atoms with van der Waals surface area (Å²) in [6.07, 6.45) is 1.49. The molecule has 1 aromatic heterocycles. The van der Waals surface area contributed by atoms with E-state index in [2.05, 4.69) is 30.0 Å². The van der Waals surface area contributed by atoms with Gasteiger partial charge in [-0.3, -0.25) is 4.79 Å². The van der Waals surface area contributed by atoms with Crippen molar-refractivity contribution in [1.82, 2.24) is 9.88 Å². The van der Waals surface area contributed by atoms with E-state index >= 15 is 0 Å². The first-order valence-electron chi connectivity index (χ1n) is 9.19. The lowest BCUT2D eigenvalue weighted by Gasteiger charge is -2.34. The normalized spacial score (nSPS) is 14.8. The Morgan fingerprint density at radius 1 is 1.04 bits per heavy atom. The maximum atomic E-state index is 12.5. The van der Waals surface area contributed by atoms with Crippen molar-refractivity contribution in [2.24, 2.45) is 0 Å². The number of rotatable bonds is 4. The van der Waals surface area contributed by atoms with E-state index in [1.165, 1.54) is 10.3 Å². The molecule has 4 rings (SSSR count). The molecule has 1 aliphatic rings. The zero-order valence-electron chi connectivity index (χ0n) is 15.0. The molecule has 1 fully saturated rings. The molecule has 26 heavy (non-hydrogen) atoms. The Hall–Kier alpha value is -2.40. The van der Waals surface area contributed by atoms with Gasteiger partial charge in [0.05, 0.1) is 16.6 Å². The highest BCUT2D eigenvalue weighted by Crippen LogP contribution is 2.31. The van der Waals surface area contributed by atoms with E-state index in [0.29, 0.717) is 6.42 Å². The smallest absolute Gasteiger partial charge is 0.227 e. The van der Waals surface area contributed by atoms with Gasteiger partial charge in [-0.05, 0) is 23.6 Å². The van der Waals surface area contributed by atoms with E-state index in [1.54, 1.807) is 11.3 Å². The first kappa shape index (κ1) is 17.0. The number of aryl methyl sites for hydroxylation is 1. The van der Waals surface area contributed by atoms with Crippen molar-refractivity contribution in [3.63, 3.8) is 0 Å². The van der Waals surface area contributed by atoms with Crippen LogP contribution in [0.5, 0.6) is 0 Å². The van der Waals surface area contributed by atoms with Gasteiger partial charge in [-0.1, -0.05) is 60.7 Å². The SMILES string of the molecule is CCc1cccc2sc(N3CCN(C(=O)Cc4ccccc4)CC3)nc12. The number of fused-ring (bicyclic) bond motifs is 1. The predicted molar refractivity (Wildman–Crippen MR) is 108 cm³/mol. The largest absolute Gasteiger partial charge is 0.345 e. The number of amides is 1. The number of carbonyl (C=O) groups excluding carboxylic acids is 1. The molecule has 0 saturated carbocycles. The summed E-state index contributed by atoms with van der Waals surface area (Å²) >= 11 is 1.76. The molecule has 0 radical (unpaired) electrons. The number of piperazine rings is 1. The Bertz CT molecular complexity index is 898. The first-order chi connectivity index (χ1) is 12.7. The lowest BCUT2D eigenvalue weighted by atomic mass is 10.1. The molecule has 0 bridgehead atoms. The van der Waals surface area contributed by atoms with Crippen LogP contribution in [-0.4, -0.2) is 42.0 Å². The van der Waals surface area contributed by atoms with E-state index in [1.807, 2.05) is 35.2 Å². The third kappa shape index (κ3) is 3.44. The van der Waals surface area contributed by atoms with Gasteiger partial charge in [0.25, 0.3) is 0 Å². The van der Waals surface area contributed by atoms with Crippen LogP contribution in [0.4, 0.5) is 5.13 Å². The van der Waals surface area contributed by atoms with Gasteiger partial charge >= 0.3 is 0 Å². The van der Waals surface area contributed by atoms with E-state index < -0.39 is 0 Å². The number of nitrogens with zero attached hydrogens (tertiary/aromatic N) is 3. The Balaban J connectivity index is 1.41. The standard InChI is InChI=1S/C21H23N3OS/c1-2-17-9-6-10-18-20(17)22-21(26-18)24-13-11-23(12-14-24)19(25)15-16-7-4-3-5-8-16/h3-10H,2,11-15H2,1H3. The minimum absolute atomic E-state index is 0.216. The van der Waals surface area contributed by atoms with Crippen LogP contribution in [0, 0.1) is 0 Å². The molecule has 0 aliphatic carbocycles. The second-order valence-corrected chi connectivity index (χ2v) is 7.65. The molecule has 1 amide bonds. The van der Waals surface area contributed by atoms with Crippen molar-refractivity contribution in [2.75, 3.05) is 31.1 Å². The number of anilines is 1. The van der Waals surface area contributed by atoms with Crippen LogP contribution >= 0.6 is 11.3 Å². The fourth-order valence-electron chi connectivity index (χ4n) is 3.44. The van der Waals surface area contributed by atoms with Gasteiger partial charge in [-0.15, -0.1) is 0 Å². The summed E-state index contributed by atoms with van der Waals surface area (Å²) in [5.74, 6) is 0.216. The molecule has 0 unspecified atom stereocenters. The summed E-state index contributed by atoms with van der Waals surface area (Å²) in [5.41, 5.74) is 3.53. The van der Waals surface area contributed by atoms with Crippen molar-refractivity contribution < 1.29 is 4.79 Å². The van der Waals surface area contributed by atoms with Gasteiger partial charge in [0.2, 0.25) is 5.91 Å². The van der Waals surface area contributed by atoms with Gasteiger partial charge < -0.3 is 9.80 Å². The molecular weight excluding hydrogens is 342 g/mol. The van der Waals surface area contributed by atoms with E-state index in [0.717, 1.165) is 48.8 Å². The van der Waals surface area contributed by atoms with Crippen LogP contribution in [0.2, 0.25) is 0 Å². The molecular formula is C21H23N3OS. The van der Waals surface area contributed by atoms with Crippen LogP contribution < -0.4 is 4.90 Å². The highest BCUT2D eigenvalue weighted by atomic mass is 32.1. The molecule has 2 heterocycles. The van der Waals surface area contributed by atoms with E-state index in [4.69, 9.17) is 4.98 Å². The van der Waals surface area contributed by atoms with Crippen LogP contribution in [0.15, 0.2) is 48.5 Å². The average Bonchev–Trinajstić information content (AvgIpc) is 3.13.